The number of benzene rings is 1. The summed E-state index contributed by atoms with van der Waals surface area (Å²) in [5, 5.41) is 0. The van der Waals surface area contributed by atoms with Crippen LogP contribution in [0.1, 0.15) is 69.3 Å². The summed E-state index contributed by atoms with van der Waals surface area (Å²) in [7, 11) is 1.76. The zero-order valence-electron chi connectivity index (χ0n) is 14.8. The lowest BCUT2D eigenvalue weighted by Crippen LogP contribution is -2.33. The van der Waals surface area contributed by atoms with E-state index in [9.17, 15) is 0 Å². The highest BCUT2D eigenvalue weighted by Gasteiger charge is 2.21. The molecule has 2 nitrogen and oxygen atoms in total. The Labute approximate surface area is 142 Å². The molecular weight excluding hydrogens is 282 g/mol. The number of methoxy groups -OCH3 is 1. The standard InChI is InChI=1S/C21H33NO/c1-23-21-11-5-10-20(17-21)19-12-15-22(16-13-19)14-6-9-18-7-3-2-4-8-18/h5,10-11,17-19H,2-4,6-9,12-16H2,1H3. The van der Waals surface area contributed by atoms with Crippen LogP contribution < -0.4 is 4.74 Å². The Bertz CT molecular complexity index is 459. The number of likely N-dealkylation sites (tertiary alicyclic amines) is 1. The van der Waals surface area contributed by atoms with E-state index in [0.717, 1.165) is 17.6 Å². The van der Waals surface area contributed by atoms with Gasteiger partial charge in [0.2, 0.25) is 0 Å². The molecule has 2 aliphatic rings. The van der Waals surface area contributed by atoms with E-state index in [1.807, 2.05) is 6.07 Å². The Morgan fingerprint density at radius 2 is 1.83 bits per heavy atom. The molecule has 2 fully saturated rings. The van der Waals surface area contributed by atoms with E-state index in [0.29, 0.717) is 0 Å². The third kappa shape index (κ3) is 4.97. The van der Waals surface area contributed by atoms with Crippen molar-refractivity contribution in [2.24, 2.45) is 5.92 Å². The van der Waals surface area contributed by atoms with Crippen molar-refractivity contribution in [3.05, 3.63) is 29.8 Å². The van der Waals surface area contributed by atoms with Crippen molar-refractivity contribution >= 4 is 0 Å². The summed E-state index contributed by atoms with van der Waals surface area (Å²) in [4.78, 5) is 2.69. The Morgan fingerprint density at radius 1 is 1.04 bits per heavy atom. The average Bonchev–Trinajstić information content (AvgIpc) is 2.63. The normalized spacial score (nSPS) is 21.4. The summed E-state index contributed by atoms with van der Waals surface area (Å²) in [6.45, 7) is 3.86. The fourth-order valence-electron chi connectivity index (χ4n) is 4.46. The number of hydrogen-bond acceptors (Lipinski definition) is 2. The van der Waals surface area contributed by atoms with Gasteiger partial charge in [0, 0.05) is 0 Å². The lowest BCUT2D eigenvalue weighted by Gasteiger charge is -2.32. The Balaban J connectivity index is 1.38. The van der Waals surface area contributed by atoms with Gasteiger partial charge < -0.3 is 9.64 Å². The first kappa shape index (κ1) is 16.8. The highest BCUT2D eigenvalue weighted by Crippen LogP contribution is 2.31. The first-order chi connectivity index (χ1) is 11.3. The Kier molecular flexibility index (Phi) is 6.38. The van der Waals surface area contributed by atoms with E-state index in [-0.39, 0.29) is 0 Å². The minimum Gasteiger partial charge on any atom is -0.497 e. The van der Waals surface area contributed by atoms with Crippen LogP contribution in [-0.2, 0) is 0 Å². The number of piperidine rings is 1. The topological polar surface area (TPSA) is 12.5 Å². The smallest absolute Gasteiger partial charge is 0.119 e. The van der Waals surface area contributed by atoms with E-state index < -0.39 is 0 Å². The molecule has 0 spiro atoms. The molecule has 1 aliphatic heterocycles. The Morgan fingerprint density at radius 3 is 2.57 bits per heavy atom. The second kappa shape index (κ2) is 8.73. The Hall–Kier alpha value is -1.02. The zero-order chi connectivity index (χ0) is 15.9. The van der Waals surface area contributed by atoms with Crippen molar-refractivity contribution in [2.75, 3.05) is 26.7 Å². The first-order valence-electron chi connectivity index (χ1n) is 9.71. The van der Waals surface area contributed by atoms with E-state index in [2.05, 4.69) is 23.1 Å². The minimum atomic E-state index is 0.722. The summed E-state index contributed by atoms with van der Waals surface area (Å²) >= 11 is 0. The molecule has 0 aromatic heterocycles. The fourth-order valence-corrected chi connectivity index (χ4v) is 4.46. The van der Waals surface area contributed by atoms with Gasteiger partial charge in [0.1, 0.15) is 5.75 Å². The minimum absolute atomic E-state index is 0.722. The number of rotatable bonds is 6. The molecule has 2 heteroatoms. The van der Waals surface area contributed by atoms with Gasteiger partial charge in [-0.25, -0.2) is 0 Å². The highest BCUT2D eigenvalue weighted by molar-refractivity contribution is 5.31. The lowest BCUT2D eigenvalue weighted by molar-refractivity contribution is 0.200. The molecule has 1 heterocycles. The summed E-state index contributed by atoms with van der Waals surface area (Å²) in [5.74, 6) is 2.76. The summed E-state index contributed by atoms with van der Waals surface area (Å²) in [5.41, 5.74) is 1.46. The van der Waals surface area contributed by atoms with Crippen molar-refractivity contribution in [1.82, 2.24) is 4.90 Å². The fraction of sp³-hybridized carbons (Fsp3) is 0.714. The van der Waals surface area contributed by atoms with Crippen LogP contribution in [0.5, 0.6) is 5.75 Å². The summed E-state index contributed by atoms with van der Waals surface area (Å²) in [6.07, 6.45) is 12.9. The maximum Gasteiger partial charge on any atom is 0.119 e. The van der Waals surface area contributed by atoms with Gasteiger partial charge >= 0.3 is 0 Å². The van der Waals surface area contributed by atoms with Crippen LogP contribution in [0.15, 0.2) is 24.3 Å². The second-order valence-electron chi connectivity index (χ2n) is 7.54. The third-order valence-corrected chi connectivity index (χ3v) is 5.96. The molecule has 1 aromatic carbocycles. The van der Waals surface area contributed by atoms with Crippen LogP contribution in [0, 0.1) is 5.92 Å². The SMILES string of the molecule is COc1cccc(C2CCN(CCCC3CCCCC3)CC2)c1. The van der Waals surface area contributed by atoms with Crippen LogP contribution in [0.3, 0.4) is 0 Å². The van der Waals surface area contributed by atoms with E-state index in [4.69, 9.17) is 4.74 Å². The van der Waals surface area contributed by atoms with Crippen molar-refractivity contribution in [1.29, 1.82) is 0 Å². The molecule has 23 heavy (non-hydrogen) atoms. The largest absolute Gasteiger partial charge is 0.497 e. The average molecular weight is 316 g/mol. The van der Waals surface area contributed by atoms with Gasteiger partial charge in [-0.3, -0.25) is 0 Å². The van der Waals surface area contributed by atoms with Gasteiger partial charge in [-0.2, -0.15) is 0 Å². The number of hydrogen-bond donors (Lipinski definition) is 0. The van der Waals surface area contributed by atoms with Crippen molar-refractivity contribution in [3.63, 3.8) is 0 Å². The molecule has 0 radical (unpaired) electrons. The van der Waals surface area contributed by atoms with E-state index >= 15 is 0 Å². The van der Waals surface area contributed by atoms with E-state index in [1.54, 1.807) is 7.11 Å². The van der Waals surface area contributed by atoms with Crippen LogP contribution in [0.2, 0.25) is 0 Å². The second-order valence-corrected chi connectivity index (χ2v) is 7.54. The van der Waals surface area contributed by atoms with Gasteiger partial charge in [0.05, 0.1) is 7.11 Å². The predicted molar refractivity (Wildman–Crippen MR) is 97.2 cm³/mol. The lowest BCUT2D eigenvalue weighted by atomic mass is 9.86. The molecule has 0 amide bonds. The first-order valence-corrected chi connectivity index (χ1v) is 9.71. The third-order valence-electron chi connectivity index (χ3n) is 5.96. The van der Waals surface area contributed by atoms with Gasteiger partial charge in [0.25, 0.3) is 0 Å². The van der Waals surface area contributed by atoms with Gasteiger partial charge in [-0.1, -0.05) is 44.2 Å². The number of ether oxygens (including phenoxy) is 1. The number of nitrogens with zero attached hydrogens (tertiary/aromatic N) is 1. The highest BCUT2D eigenvalue weighted by atomic mass is 16.5. The molecule has 0 N–H and O–H groups in total. The molecule has 0 bridgehead atoms. The van der Waals surface area contributed by atoms with Gasteiger partial charge in [-0.05, 0) is 74.8 Å². The van der Waals surface area contributed by atoms with Gasteiger partial charge in [0.15, 0.2) is 0 Å². The summed E-state index contributed by atoms with van der Waals surface area (Å²) in [6, 6.07) is 8.67. The maximum atomic E-state index is 5.37. The predicted octanol–water partition coefficient (Wildman–Crippen LogP) is 5.24. The molecule has 128 valence electrons. The van der Waals surface area contributed by atoms with Crippen LogP contribution in [0.25, 0.3) is 0 Å². The van der Waals surface area contributed by atoms with Crippen LogP contribution in [-0.4, -0.2) is 31.6 Å². The van der Waals surface area contributed by atoms with Crippen LogP contribution >= 0.6 is 0 Å². The molecule has 3 rings (SSSR count). The van der Waals surface area contributed by atoms with E-state index in [1.165, 1.54) is 83.0 Å². The monoisotopic (exact) mass is 315 g/mol. The maximum absolute atomic E-state index is 5.37. The van der Waals surface area contributed by atoms with Crippen molar-refractivity contribution in [3.8, 4) is 5.75 Å². The van der Waals surface area contributed by atoms with Gasteiger partial charge in [-0.15, -0.1) is 0 Å². The quantitative estimate of drug-likeness (QED) is 0.712. The summed E-state index contributed by atoms with van der Waals surface area (Å²) < 4.78 is 5.37. The molecular formula is C21H33NO. The molecule has 0 atom stereocenters. The van der Waals surface area contributed by atoms with Crippen molar-refractivity contribution in [2.45, 2.75) is 63.7 Å². The van der Waals surface area contributed by atoms with Crippen molar-refractivity contribution < 1.29 is 4.74 Å². The zero-order valence-corrected chi connectivity index (χ0v) is 14.8. The molecule has 0 unspecified atom stereocenters. The molecule has 1 aliphatic carbocycles. The van der Waals surface area contributed by atoms with Crippen LogP contribution in [0.4, 0.5) is 0 Å². The molecule has 1 aromatic rings. The molecule has 1 saturated carbocycles. The molecule has 1 saturated heterocycles.